The summed E-state index contributed by atoms with van der Waals surface area (Å²) < 4.78 is 0. The van der Waals surface area contributed by atoms with Crippen molar-refractivity contribution < 1.29 is 10.1 Å². The first-order chi connectivity index (χ1) is 11.2. The maximum atomic E-state index is 12.3. The number of carbonyl (C=O) groups excluding carboxylic acids is 1. The van der Waals surface area contributed by atoms with Crippen LogP contribution in [0, 0.1) is 0 Å². The number of benzene rings is 2. The van der Waals surface area contributed by atoms with Crippen LogP contribution in [0.4, 0.5) is 5.69 Å². The number of amides is 1. The van der Waals surface area contributed by atoms with Crippen LogP contribution in [0.1, 0.15) is 25.8 Å². The van der Waals surface area contributed by atoms with Crippen LogP contribution in [0.3, 0.4) is 0 Å². The highest BCUT2D eigenvalue weighted by Gasteiger charge is 2.41. The van der Waals surface area contributed by atoms with Gasteiger partial charge in [-0.05, 0) is 19.1 Å². The van der Waals surface area contributed by atoms with Crippen LogP contribution in [0.5, 0.6) is 0 Å². The number of nitrogens with two attached hydrogens (primary N) is 1. The number of anilines is 1. The van der Waals surface area contributed by atoms with E-state index in [2.05, 4.69) is 53.6 Å². The first kappa shape index (κ1) is 15.6. The maximum absolute atomic E-state index is 12.3. The van der Waals surface area contributed by atoms with Crippen LogP contribution < -0.4 is 10.3 Å². The van der Waals surface area contributed by atoms with Gasteiger partial charge in [0.15, 0.2) is 6.17 Å². The third-order valence-electron chi connectivity index (χ3n) is 4.36. The molecule has 0 aliphatic carbocycles. The van der Waals surface area contributed by atoms with Gasteiger partial charge >= 0.3 is 0 Å². The lowest BCUT2D eigenvalue weighted by Gasteiger charge is -2.33. The van der Waals surface area contributed by atoms with E-state index < -0.39 is 0 Å². The Kier molecular flexibility index (Phi) is 4.63. The molecule has 1 amide bonds. The summed E-state index contributed by atoms with van der Waals surface area (Å²) in [5, 5.41) is 6.30. The van der Waals surface area contributed by atoms with E-state index in [-0.39, 0.29) is 12.1 Å². The van der Waals surface area contributed by atoms with Crippen molar-refractivity contribution in [2.75, 3.05) is 5.01 Å². The van der Waals surface area contributed by atoms with E-state index in [4.69, 9.17) is 0 Å². The molecular weight excluding hydrogens is 286 g/mol. The van der Waals surface area contributed by atoms with Gasteiger partial charge in [-0.25, -0.2) is 0 Å². The van der Waals surface area contributed by atoms with Gasteiger partial charge in [0.2, 0.25) is 5.91 Å². The van der Waals surface area contributed by atoms with Gasteiger partial charge in [-0.2, -0.15) is 5.01 Å². The Balaban J connectivity index is 1.77. The zero-order valence-corrected chi connectivity index (χ0v) is 13.7. The molecule has 4 nitrogen and oxygen atoms in total. The van der Waals surface area contributed by atoms with Gasteiger partial charge in [-0.3, -0.25) is 9.80 Å². The predicted octanol–water partition coefficient (Wildman–Crippen LogP) is 2.14. The number of para-hydroxylation sites is 1. The lowest BCUT2D eigenvalue weighted by molar-refractivity contribution is -0.718. The Bertz CT molecular complexity index is 644. The van der Waals surface area contributed by atoms with E-state index in [1.807, 2.05) is 29.3 Å². The molecule has 4 heteroatoms. The Labute approximate surface area is 137 Å². The number of carbonyl (C=O) groups is 1. The number of rotatable bonds is 4. The fourth-order valence-electron chi connectivity index (χ4n) is 3.35. The Morgan fingerprint density at radius 2 is 1.70 bits per heavy atom. The molecule has 1 aliphatic heterocycles. The monoisotopic (exact) mass is 310 g/mol. The topological polar surface area (TPSA) is 40.2 Å². The second-order valence-corrected chi connectivity index (χ2v) is 6.12. The normalized spacial score (nSPS) is 20.8. The molecule has 0 aromatic heterocycles. The van der Waals surface area contributed by atoms with Crippen molar-refractivity contribution >= 4 is 11.6 Å². The standard InChI is InChI=1S/C19H23N3O/c1-15-13-19(20-14-17-9-5-3-6-10-17)22(16(2)23)21(15)18-11-7-4-8-12-18/h3-12,15,19-20H,13-14H2,1-2H3/p+1/t15-,19+/m1/s1. The maximum Gasteiger partial charge on any atom is 0.242 e. The van der Waals surface area contributed by atoms with Crippen LogP contribution >= 0.6 is 0 Å². The van der Waals surface area contributed by atoms with Crippen LogP contribution in [0.25, 0.3) is 0 Å². The van der Waals surface area contributed by atoms with Gasteiger partial charge in [-0.1, -0.05) is 48.5 Å². The smallest absolute Gasteiger partial charge is 0.242 e. The molecule has 2 N–H and O–H groups in total. The Morgan fingerprint density at radius 3 is 2.30 bits per heavy atom. The van der Waals surface area contributed by atoms with Gasteiger partial charge in [0.25, 0.3) is 0 Å². The second kappa shape index (κ2) is 6.84. The summed E-state index contributed by atoms with van der Waals surface area (Å²) in [6.45, 7) is 4.71. The minimum absolute atomic E-state index is 0.0903. The number of hydrogen-bond donors (Lipinski definition) is 1. The molecular formula is C19H24N3O+. The van der Waals surface area contributed by atoms with Crippen molar-refractivity contribution in [2.24, 2.45) is 0 Å². The summed E-state index contributed by atoms with van der Waals surface area (Å²) in [6, 6.07) is 20.9. The quantitative estimate of drug-likeness (QED) is 0.940. The van der Waals surface area contributed by atoms with Crippen LogP contribution in [-0.4, -0.2) is 23.1 Å². The number of quaternary nitrogens is 1. The number of nitrogens with zero attached hydrogens (tertiary/aromatic N) is 2. The Hall–Kier alpha value is -2.33. The van der Waals surface area contributed by atoms with Gasteiger partial charge in [0, 0.05) is 18.9 Å². The Morgan fingerprint density at radius 1 is 1.09 bits per heavy atom. The number of hydrogen-bond acceptors (Lipinski definition) is 2. The van der Waals surface area contributed by atoms with Crippen LogP contribution in [-0.2, 0) is 11.3 Å². The summed E-state index contributed by atoms with van der Waals surface area (Å²) in [7, 11) is 0. The van der Waals surface area contributed by atoms with E-state index in [1.54, 1.807) is 6.92 Å². The van der Waals surface area contributed by atoms with E-state index >= 15 is 0 Å². The second-order valence-electron chi connectivity index (χ2n) is 6.12. The lowest BCUT2D eigenvalue weighted by Crippen LogP contribution is -2.92. The third kappa shape index (κ3) is 3.37. The van der Waals surface area contributed by atoms with Gasteiger partial charge < -0.3 is 5.32 Å². The molecule has 0 radical (unpaired) electrons. The summed E-state index contributed by atoms with van der Waals surface area (Å²) in [5.74, 6) is 0.0903. The highest BCUT2D eigenvalue weighted by atomic mass is 16.2. The molecule has 0 saturated carbocycles. The molecule has 120 valence electrons. The molecule has 1 heterocycles. The fourth-order valence-corrected chi connectivity index (χ4v) is 3.35. The van der Waals surface area contributed by atoms with Gasteiger partial charge in [-0.15, -0.1) is 0 Å². The first-order valence-corrected chi connectivity index (χ1v) is 8.18. The van der Waals surface area contributed by atoms with Crippen molar-refractivity contribution in [3.05, 3.63) is 66.2 Å². The molecule has 0 bridgehead atoms. The van der Waals surface area contributed by atoms with Gasteiger partial charge in [0.1, 0.15) is 6.54 Å². The van der Waals surface area contributed by atoms with Crippen molar-refractivity contribution in [2.45, 2.75) is 39.0 Å². The molecule has 1 saturated heterocycles. The minimum Gasteiger partial charge on any atom is -0.321 e. The highest BCUT2D eigenvalue weighted by molar-refractivity contribution is 5.76. The van der Waals surface area contributed by atoms with Crippen molar-refractivity contribution in [1.82, 2.24) is 5.01 Å². The fraction of sp³-hybridized carbons (Fsp3) is 0.316. The molecule has 23 heavy (non-hydrogen) atoms. The largest absolute Gasteiger partial charge is 0.321 e. The average Bonchev–Trinajstić information content (AvgIpc) is 2.91. The van der Waals surface area contributed by atoms with Crippen LogP contribution in [0.2, 0.25) is 0 Å². The zero-order valence-electron chi connectivity index (χ0n) is 13.7. The molecule has 0 unspecified atom stereocenters. The molecule has 2 aromatic carbocycles. The molecule has 2 atom stereocenters. The average molecular weight is 310 g/mol. The van der Waals surface area contributed by atoms with Crippen molar-refractivity contribution in [3.8, 4) is 0 Å². The summed E-state index contributed by atoms with van der Waals surface area (Å²) in [4.78, 5) is 12.3. The SMILES string of the molecule is CC(=O)N1[C@H]([NH2+]Cc2ccccc2)C[C@@H](C)N1c1ccccc1. The van der Waals surface area contributed by atoms with E-state index in [0.29, 0.717) is 6.04 Å². The highest BCUT2D eigenvalue weighted by Crippen LogP contribution is 2.28. The predicted molar refractivity (Wildman–Crippen MR) is 91.4 cm³/mol. The molecule has 3 rings (SSSR count). The summed E-state index contributed by atoms with van der Waals surface area (Å²) >= 11 is 0. The molecule has 1 fully saturated rings. The van der Waals surface area contributed by atoms with Crippen molar-refractivity contribution in [1.29, 1.82) is 0 Å². The van der Waals surface area contributed by atoms with Gasteiger partial charge in [0.05, 0.1) is 11.7 Å². The lowest BCUT2D eigenvalue weighted by atomic mass is 10.2. The first-order valence-electron chi connectivity index (χ1n) is 8.18. The zero-order chi connectivity index (χ0) is 16.2. The van der Waals surface area contributed by atoms with E-state index in [1.165, 1.54) is 5.56 Å². The van der Waals surface area contributed by atoms with E-state index in [9.17, 15) is 4.79 Å². The van der Waals surface area contributed by atoms with Crippen molar-refractivity contribution in [3.63, 3.8) is 0 Å². The van der Waals surface area contributed by atoms with Crippen LogP contribution in [0.15, 0.2) is 60.7 Å². The molecule has 0 spiro atoms. The van der Waals surface area contributed by atoms with E-state index in [0.717, 1.165) is 18.7 Å². The minimum atomic E-state index is 0.0903. The third-order valence-corrected chi connectivity index (χ3v) is 4.36. The number of hydrazine groups is 1. The molecule has 2 aromatic rings. The molecule has 1 aliphatic rings. The summed E-state index contributed by atoms with van der Waals surface area (Å²) in [6.07, 6.45) is 1.10. The summed E-state index contributed by atoms with van der Waals surface area (Å²) in [5.41, 5.74) is 2.35.